The zero-order valence-electron chi connectivity index (χ0n) is 19.9. The first-order chi connectivity index (χ1) is 16.5. The number of nitrogens with two attached hydrogens (primary N) is 1. The first kappa shape index (κ1) is 24.2. The van der Waals surface area contributed by atoms with Gasteiger partial charge in [0.15, 0.2) is 5.69 Å². The molecule has 5 N–H and O–H groups in total. The molecule has 2 heterocycles. The molecule has 3 aromatic rings. The second kappa shape index (κ2) is 9.36. The van der Waals surface area contributed by atoms with Gasteiger partial charge in [0.2, 0.25) is 11.8 Å². The summed E-state index contributed by atoms with van der Waals surface area (Å²) in [6.45, 7) is 6.16. The Kier molecular flexibility index (Phi) is 6.47. The largest absolute Gasteiger partial charge is 0.399 e. The van der Waals surface area contributed by atoms with Gasteiger partial charge in [-0.3, -0.25) is 19.1 Å². The molecule has 0 bridgehead atoms. The number of amides is 3. The lowest BCUT2D eigenvalue weighted by Gasteiger charge is -2.31. The third kappa shape index (κ3) is 5.42. The van der Waals surface area contributed by atoms with Gasteiger partial charge in [-0.2, -0.15) is 5.10 Å². The number of fused-ring (bicyclic) bond motifs is 1. The lowest BCUT2D eigenvalue weighted by molar-refractivity contribution is -0.126. The first-order valence-corrected chi connectivity index (χ1v) is 11.4. The number of benzene rings is 2. The second-order valence-corrected chi connectivity index (χ2v) is 9.90. The Labute approximate surface area is 202 Å². The minimum Gasteiger partial charge on any atom is -0.399 e. The fourth-order valence-electron chi connectivity index (χ4n) is 4.10. The predicted molar refractivity (Wildman–Crippen MR) is 130 cm³/mol. The zero-order valence-corrected chi connectivity index (χ0v) is 19.9. The topological polar surface area (TPSA) is 131 Å². The van der Waals surface area contributed by atoms with Gasteiger partial charge < -0.3 is 21.7 Å². The third-order valence-corrected chi connectivity index (χ3v) is 5.97. The van der Waals surface area contributed by atoms with Crippen molar-refractivity contribution in [3.63, 3.8) is 0 Å². The molecule has 0 saturated carbocycles. The molecule has 1 fully saturated rings. The van der Waals surface area contributed by atoms with E-state index in [9.17, 15) is 18.8 Å². The number of nitrogen functional groups attached to an aromatic ring is 1. The minimum absolute atomic E-state index is 0.0928. The molecule has 10 heteroatoms. The van der Waals surface area contributed by atoms with Crippen LogP contribution in [-0.2, 0) is 16.1 Å². The van der Waals surface area contributed by atoms with Crippen molar-refractivity contribution in [2.24, 2.45) is 5.41 Å². The quantitative estimate of drug-likeness (QED) is 0.401. The van der Waals surface area contributed by atoms with Crippen LogP contribution in [0.1, 0.15) is 43.2 Å². The highest BCUT2D eigenvalue weighted by Crippen LogP contribution is 2.24. The Morgan fingerprint density at radius 3 is 2.57 bits per heavy atom. The van der Waals surface area contributed by atoms with Gasteiger partial charge in [-0.1, -0.05) is 32.9 Å². The Morgan fingerprint density at radius 1 is 1.23 bits per heavy atom. The van der Waals surface area contributed by atoms with Crippen LogP contribution in [0.2, 0.25) is 0 Å². The summed E-state index contributed by atoms with van der Waals surface area (Å²) < 4.78 is 15.6. The predicted octanol–water partition coefficient (Wildman–Crippen LogP) is 1.96. The Bertz CT molecular complexity index is 1280. The maximum absolute atomic E-state index is 14.1. The smallest absolute Gasteiger partial charge is 0.273 e. The number of anilines is 1. The molecular formula is C25H29FN6O3. The van der Waals surface area contributed by atoms with Crippen LogP contribution < -0.4 is 21.7 Å². The van der Waals surface area contributed by atoms with Crippen LogP contribution in [0.15, 0.2) is 42.5 Å². The highest BCUT2D eigenvalue weighted by molar-refractivity contribution is 6.06. The monoisotopic (exact) mass is 480 g/mol. The van der Waals surface area contributed by atoms with E-state index in [1.807, 2.05) is 32.9 Å². The Balaban J connectivity index is 1.61. The van der Waals surface area contributed by atoms with Gasteiger partial charge in [0.25, 0.3) is 5.91 Å². The molecule has 35 heavy (non-hydrogen) atoms. The summed E-state index contributed by atoms with van der Waals surface area (Å²) in [6.07, 6.45) is 0.197. The van der Waals surface area contributed by atoms with Gasteiger partial charge in [0.1, 0.15) is 11.9 Å². The summed E-state index contributed by atoms with van der Waals surface area (Å²) in [7, 11) is 0. The standard InChI is InChI=1S/C25H29FN6O3/c1-25(2,3)22(24(35)29-17-11-20(33)28-12-17)30-23(34)21-18-9-6-15(26)10-19(18)32(31-21)13-14-4-7-16(27)8-5-14/h4-10,17,22H,11-13,27H2,1-3H3,(H,28,33)(H,29,35)(H,30,34)/t17-,22+/m0/s1. The van der Waals surface area contributed by atoms with Crippen LogP contribution in [0, 0.1) is 11.2 Å². The van der Waals surface area contributed by atoms with E-state index in [1.54, 1.807) is 16.8 Å². The molecule has 1 saturated heterocycles. The van der Waals surface area contributed by atoms with Gasteiger partial charge in [0, 0.05) is 24.0 Å². The van der Waals surface area contributed by atoms with Crippen LogP contribution in [0.4, 0.5) is 10.1 Å². The molecule has 3 amide bonds. The summed E-state index contributed by atoms with van der Waals surface area (Å²) in [6, 6.07) is 10.1. The van der Waals surface area contributed by atoms with E-state index in [0.29, 0.717) is 29.7 Å². The average molecular weight is 481 g/mol. The van der Waals surface area contributed by atoms with E-state index in [4.69, 9.17) is 5.73 Å². The van der Waals surface area contributed by atoms with Crippen LogP contribution >= 0.6 is 0 Å². The van der Waals surface area contributed by atoms with Gasteiger partial charge in [-0.25, -0.2) is 4.39 Å². The van der Waals surface area contributed by atoms with E-state index in [1.165, 1.54) is 18.2 Å². The van der Waals surface area contributed by atoms with Crippen LogP contribution in [0.3, 0.4) is 0 Å². The molecule has 2 atom stereocenters. The molecule has 2 aromatic carbocycles. The Hall–Kier alpha value is -3.95. The van der Waals surface area contributed by atoms with Crippen LogP contribution in [0.25, 0.3) is 10.9 Å². The first-order valence-electron chi connectivity index (χ1n) is 11.4. The number of nitrogens with one attached hydrogen (secondary N) is 3. The highest BCUT2D eigenvalue weighted by atomic mass is 19.1. The molecule has 1 aliphatic rings. The molecule has 1 aromatic heterocycles. The minimum atomic E-state index is -0.886. The van der Waals surface area contributed by atoms with Crippen molar-refractivity contribution in [2.75, 3.05) is 12.3 Å². The number of carbonyl (C=O) groups excluding carboxylic acids is 3. The molecule has 9 nitrogen and oxygen atoms in total. The van der Waals surface area contributed by atoms with E-state index < -0.39 is 23.2 Å². The van der Waals surface area contributed by atoms with E-state index in [2.05, 4.69) is 21.0 Å². The molecule has 0 aliphatic carbocycles. The summed E-state index contributed by atoms with van der Waals surface area (Å²) in [4.78, 5) is 37.9. The highest BCUT2D eigenvalue weighted by Gasteiger charge is 2.36. The number of hydrogen-bond acceptors (Lipinski definition) is 5. The van der Waals surface area contributed by atoms with Crippen molar-refractivity contribution >= 4 is 34.3 Å². The van der Waals surface area contributed by atoms with Gasteiger partial charge in [-0.05, 0) is 41.3 Å². The third-order valence-electron chi connectivity index (χ3n) is 5.97. The van der Waals surface area contributed by atoms with Crippen molar-refractivity contribution in [1.82, 2.24) is 25.7 Å². The lowest BCUT2D eigenvalue weighted by Crippen LogP contribution is -2.55. The summed E-state index contributed by atoms with van der Waals surface area (Å²) in [5, 5.41) is 13.3. The maximum atomic E-state index is 14.1. The van der Waals surface area contributed by atoms with Gasteiger partial charge >= 0.3 is 0 Å². The number of hydrogen-bond donors (Lipinski definition) is 4. The zero-order chi connectivity index (χ0) is 25.3. The molecular weight excluding hydrogens is 451 g/mol. The fraction of sp³-hybridized carbons (Fsp3) is 0.360. The van der Waals surface area contributed by atoms with Crippen molar-refractivity contribution in [3.8, 4) is 0 Å². The summed E-state index contributed by atoms with van der Waals surface area (Å²) in [5.74, 6) is -1.51. The van der Waals surface area contributed by atoms with Crippen LogP contribution in [0.5, 0.6) is 0 Å². The average Bonchev–Trinajstić information content (AvgIpc) is 3.35. The normalized spacial score (nSPS) is 16.7. The van der Waals surface area contributed by atoms with Crippen molar-refractivity contribution in [2.45, 2.75) is 45.8 Å². The van der Waals surface area contributed by atoms with E-state index >= 15 is 0 Å². The fourth-order valence-corrected chi connectivity index (χ4v) is 4.10. The number of carbonyl (C=O) groups is 3. The van der Waals surface area contributed by atoms with Gasteiger partial charge in [0.05, 0.1) is 18.1 Å². The van der Waals surface area contributed by atoms with Crippen molar-refractivity contribution < 1.29 is 18.8 Å². The number of aromatic nitrogens is 2. The SMILES string of the molecule is CC(C)(C)[C@H](NC(=O)c1nn(Cc2ccc(N)cc2)c2cc(F)ccc12)C(=O)N[C@@H]1CNC(=O)C1. The molecule has 184 valence electrons. The number of nitrogens with zero attached hydrogens (tertiary/aromatic N) is 2. The van der Waals surface area contributed by atoms with Crippen molar-refractivity contribution in [3.05, 3.63) is 59.5 Å². The number of rotatable bonds is 6. The van der Waals surface area contributed by atoms with Crippen LogP contribution in [-0.4, -0.2) is 46.1 Å². The van der Waals surface area contributed by atoms with Crippen molar-refractivity contribution in [1.29, 1.82) is 0 Å². The molecule has 0 radical (unpaired) electrons. The molecule has 4 rings (SSSR count). The maximum Gasteiger partial charge on any atom is 0.273 e. The Morgan fingerprint density at radius 2 is 1.94 bits per heavy atom. The second-order valence-electron chi connectivity index (χ2n) is 9.90. The lowest BCUT2D eigenvalue weighted by atomic mass is 9.85. The van der Waals surface area contributed by atoms with E-state index in [-0.39, 0.29) is 30.0 Å². The van der Waals surface area contributed by atoms with Gasteiger partial charge in [-0.15, -0.1) is 0 Å². The molecule has 0 spiro atoms. The molecule has 1 aliphatic heterocycles. The number of halogens is 1. The summed E-state index contributed by atoms with van der Waals surface area (Å²) in [5.41, 5.74) is 7.19. The molecule has 0 unspecified atom stereocenters. The van der Waals surface area contributed by atoms with E-state index in [0.717, 1.165) is 5.56 Å². The summed E-state index contributed by atoms with van der Waals surface area (Å²) >= 11 is 0.